The Balaban J connectivity index is 2.33. The lowest BCUT2D eigenvalue weighted by atomic mass is 10.1. The largest absolute Gasteiger partial charge is 0.462 e. The van der Waals surface area contributed by atoms with Crippen LogP contribution in [-0.2, 0) is 9.53 Å². The van der Waals surface area contributed by atoms with Crippen LogP contribution < -0.4 is 16.0 Å². The van der Waals surface area contributed by atoms with Crippen molar-refractivity contribution in [3.05, 3.63) is 23.8 Å². The molecule has 19 heavy (non-hydrogen) atoms. The number of carbonyl (C=O) groups excluding carboxylic acids is 2. The van der Waals surface area contributed by atoms with Crippen LogP contribution in [0, 0.1) is 0 Å². The zero-order chi connectivity index (χ0) is 13.8. The number of nitrogen functional groups attached to an aromatic ring is 1. The molecule has 1 aliphatic rings. The quantitative estimate of drug-likeness (QED) is 0.608. The number of rotatable bonds is 3. The van der Waals surface area contributed by atoms with Gasteiger partial charge in [-0.3, -0.25) is 4.79 Å². The Labute approximate surface area is 111 Å². The van der Waals surface area contributed by atoms with Crippen LogP contribution in [0.25, 0.3) is 0 Å². The van der Waals surface area contributed by atoms with Crippen molar-refractivity contribution in [2.24, 2.45) is 0 Å². The Morgan fingerprint density at radius 2 is 2.32 bits per heavy atom. The van der Waals surface area contributed by atoms with E-state index in [4.69, 9.17) is 10.5 Å². The predicted molar refractivity (Wildman–Crippen MR) is 72.0 cm³/mol. The Morgan fingerprint density at radius 3 is 3.00 bits per heavy atom. The van der Waals surface area contributed by atoms with Crippen molar-refractivity contribution in [3.8, 4) is 0 Å². The first-order chi connectivity index (χ1) is 9.11. The molecule has 1 aromatic rings. The van der Waals surface area contributed by atoms with Crippen LogP contribution in [0.1, 0.15) is 17.3 Å². The average molecular weight is 263 g/mol. The molecule has 0 saturated carbocycles. The van der Waals surface area contributed by atoms with Gasteiger partial charge in [0.25, 0.3) is 0 Å². The van der Waals surface area contributed by atoms with Gasteiger partial charge in [-0.1, -0.05) is 0 Å². The summed E-state index contributed by atoms with van der Waals surface area (Å²) < 4.78 is 5.02. The van der Waals surface area contributed by atoms with Crippen LogP contribution in [0.4, 0.5) is 11.4 Å². The SMILES string of the molecule is CCOC(=O)c1cc(N)ccc1N1CCNC(=O)C1. The second-order valence-electron chi connectivity index (χ2n) is 4.27. The van der Waals surface area contributed by atoms with Gasteiger partial charge in [-0.25, -0.2) is 4.79 Å². The van der Waals surface area contributed by atoms with Crippen molar-refractivity contribution in [2.45, 2.75) is 6.92 Å². The second kappa shape index (κ2) is 5.60. The highest BCUT2D eigenvalue weighted by molar-refractivity contribution is 5.98. The molecule has 2 rings (SSSR count). The lowest BCUT2D eigenvalue weighted by Crippen LogP contribution is -2.48. The van der Waals surface area contributed by atoms with Crippen LogP contribution in [0.15, 0.2) is 18.2 Å². The molecule has 1 heterocycles. The summed E-state index contributed by atoms with van der Waals surface area (Å²) in [4.78, 5) is 25.2. The number of hydrogen-bond donors (Lipinski definition) is 2. The van der Waals surface area contributed by atoms with Crippen LogP contribution in [-0.4, -0.2) is 38.1 Å². The van der Waals surface area contributed by atoms with E-state index < -0.39 is 5.97 Å². The van der Waals surface area contributed by atoms with Crippen molar-refractivity contribution < 1.29 is 14.3 Å². The molecule has 1 aliphatic heterocycles. The van der Waals surface area contributed by atoms with Crippen molar-refractivity contribution in [1.29, 1.82) is 0 Å². The van der Waals surface area contributed by atoms with E-state index >= 15 is 0 Å². The van der Waals surface area contributed by atoms with Gasteiger partial charge in [0, 0.05) is 18.8 Å². The summed E-state index contributed by atoms with van der Waals surface area (Å²) >= 11 is 0. The normalized spacial score (nSPS) is 15.0. The highest BCUT2D eigenvalue weighted by Crippen LogP contribution is 2.24. The smallest absolute Gasteiger partial charge is 0.340 e. The summed E-state index contributed by atoms with van der Waals surface area (Å²) in [5.74, 6) is -0.478. The first-order valence-corrected chi connectivity index (χ1v) is 6.20. The summed E-state index contributed by atoms with van der Waals surface area (Å²) in [6.07, 6.45) is 0. The van der Waals surface area contributed by atoms with E-state index in [2.05, 4.69) is 5.32 Å². The lowest BCUT2D eigenvalue weighted by Gasteiger charge is -2.30. The van der Waals surface area contributed by atoms with Gasteiger partial charge >= 0.3 is 5.97 Å². The third kappa shape index (κ3) is 2.96. The topological polar surface area (TPSA) is 84.7 Å². The summed E-state index contributed by atoms with van der Waals surface area (Å²) in [5, 5.41) is 2.75. The zero-order valence-electron chi connectivity index (χ0n) is 10.8. The number of amides is 1. The standard InChI is InChI=1S/C13H17N3O3/c1-2-19-13(18)10-7-9(14)3-4-11(10)16-6-5-15-12(17)8-16/h3-4,7H,2,5-6,8,14H2,1H3,(H,15,17). The molecule has 1 fully saturated rings. The Bertz CT molecular complexity index is 502. The fraction of sp³-hybridized carbons (Fsp3) is 0.385. The van der Waals surface area contributed by atoms with E-state index in [0.717, 1.165) is 0 Å². The molecule has 0 aliphatic carbocycles. The fourth-order valence-corrected chi connectivity index (χ4v) is 2.05. The highest BCUT2D eigenvalue weighted by atomic mass is 16.5. The molecule has 1 saturated heterocycles. The van der Waals surface area contributed by atoms with Gasteiger partial charge in [0.1, 0.15) is 0 Å². The molecule has 1 amide bonds. The Morgan fingerprint density at radius 1 is 1.53 bits per heavy atom. The maximum atomic E-state index is 11.9. The van der Waals surface area contributed by atoms with Crippen LogP contribution in [0.3, 0.4) is 0 Å². The van der Waals surface area contributed by atoms with Gasteiger partial charge in [0.05, 0.1) is 24.4 Å². The predicted octanol–water partition coefficient (Wildman–Crippen LogP) is 0.382. The van der Waals surface area contributed by atoms with Crippen LogP contribution in [0.2, 0.25) is 0 Å². The molecule has 0 unspecified atom stereocenters. The molecule has 0 bridgehead atoms. The van der Waals surface area contributed by atoms with E-state index in [0.29, 0.717) is 36.6 Å². The van der Waals surface area contributed by atoms with Crippen LogP contribution >= 0.6 is 0 Å². The van der Waals surface area contributed by atoms with E-state index in [1.807, 2.05) is 4.90 Å². The number of hydrogen-bond acceptors (Lipinski definition) is 5. The maximum Gasteiger partial charge on any atom is 0.340 e. The summed E-state index contributed by atoms with van der Waals surface area (Å²) in [7, 11) is 0. The third-order valence-corrected chi connectivity index (χ3v) is 2.89. The Hall–Kier alpha value is -2.24. The van der Waals surface area contributed by atoms with Crippen molar-refractivity contribution in [1.82, 2.24) is 5.32 Å². The molecule has 6 nitrogen and oxygen atoms in total. The second-order valence-corrected chi connectivity index (χ2v) is 4.27. The van der Waals surface area contributed by atoms with Gasteiger partial charge in [0.15, 0.2) is 0 Å². The zero-order valence-corrected chi connectivity index (χ0v) is 10.8. The number of ether oxygens (including phenoxy) is 1. The number of nitrogens with zero attached hydrogens (tertiary/aromatic N) is 1. The number of benzene rings is 1. The van der Waals surface area contributed by atoms with Gasteiger partial charge in [-0.2, -0.15) is 0 Å². The minimum absolute atomic E-state index is 0.0575. The fourth-order valence-electron chi connectivity index (χ4n) is 2.05. The molecule has 0 spiro atoms. The van der Waals surface area contributed by atoms with Gasteiger partial charge in [-0.15, -0.1) is 0 Å². The molecule has 0 atom stereocenters. The molecular formula is C13H17N3O3. The van der Waals surface area contributed by atoms with Gasteiger partial charge in [0.2, 0.25) is 5.91 Å². The van der Waals surface area contributed by atoms with E-state index in [1.54, 1.807) is 25.1 Å². The molecule has 0 aromatic heterocycles. The molecule has 6 heteroatoms. The molecule has 102 valence electrons. The minimum atomic E-state index is -0.421. The van der Waals surface area contributed by atoms with Crippen LogP contribution in [0.5, 0.6) is 0 Å². The number of esters is 1. The minimum Gasteiger partial charge on any atom is -0.462 e. The number of piperazine rings is 1. The molecular weight excluding hydrogens is 246 g/mol. The molecule has 3 N–H and O–H groups in total. The number of anilines is 2. The van der Waals surface area contributed by atoms with Gasteiger partial charge in [-0.05, 0) is 25.1 Å². The monoisotopic (exact) mass is 263 g/mol. The third-order valence-electron chi connectivity index (χ3n) is 2.89. The highest BCUT2D eigenvalue weighted by Gasteiger charge is 2.22. The molecule has 1 aromatic carbocycles. The number of nitrogens with one attached hydrogen (secondary N) is 1. The first kappa shape index (κ1) is 13.2. The van der Waals surface area contributed by atoms with E-state index in [1.165, 1.54) is 0 Å². The molecule has 0 radical (unpaired) electrons. The first-order valence-electron chi connectivity index (χ1n) is 6.20. The van der Waals surface area contributed by atoms with E-state index in [9.17, 15) is 9.59 Å². The van der Waals surface area contributed by atoms with Crippen molar-refractivity contribution in [3.63, 3.8) is 0 Å². The number of carbonyl (C=O) groups is 2. The maximum absolute atomic E-state index is 11.9. The average Bonchev–Trinajstić information content (AvgIpc) is 2.39. The summed E-state index contributed by atoms with van der Waals surface area (Å²) in [6, 6.07) is 5.05. The van der Waals surface area contributed by atoms with E-state index in [-0.39, 0.29) is 12.5 Å². The lowest BCUT2D eigenvalue weighted by molar-refractivity contribution is -0.120. The van der Waals surface area contributed by atoms with Crippen molar-refractivity contribution >= 4 is 23.3 Å². The number of nitrogens with two attached hydrogens (primary N) is 1. The Kier molecular flexibility index (Phi) is 3.89. The van der Waals surface area contributed by atoms with Crippen molar-refractivity contribution in [2.75, 3.05) is 36.9 Å². The van der Waals surface area contributed by atoms with Gasteiger partial charge < -0.3 is 20.7 Å². The summed E-state index contributed by atoms with van der Waals surface area (Å²) in [5.41, 5.74) is 7.29. The summed E-state index contributed by atoms with van der Waals surface area (Å²) in [6.45, 7) is 3.50.